The van der Waals surface area contributed by atoms with E-state index >= 15 is 0 Å². The van der Waals surface area contributed by atoms with Crippen molar-refractivity contribution in [2.24, 2.45) is 5.73 Å². The molecule has 0 aliphatic heterocycles. The first-order valence-corrected chi connectivity index (χ1v) is 7.58. The molecule has 0 radical (unpaired) electrons. The van der Waals surface area contributed by atoms with Crippen molar-refractivity contribution in [3.05, 3.63) is 29.8 Å². The summed E-state index contributed by atoms with van der Waals surface area (Å²) >= 11 is 0. The van der Waals surface area contributed by atoms with Gasteiger partial charge in [-0.3, -0.25) is 0 Å². The molecule has 1 aromatic rings. The van der Waals surface area contributed by atoms with Crippen LogP contribution in [0.25, 0.3) is 0 Å². The van der Waals surface area contributed by atoms with Gasteiger partial charge in [-0.05, 0) is 38.1 Å². The Hall–Kier alpha value is -1.39. The molecule has 0 heterocycles. The second-order valence-electron chi connectivity index (χ2n) is 5.10. The summed E-state index contributed by atoms with van der Waals surface area (Å²) in [6.07, 6.45) is 0. The number of sulfonamides is 1. The van der Waals surface area contributed by atoms with Crippen molar-refractivity contribution in [1.29, 1.82) is 0 Å². The maximum Gasteiger partial charge on any atom is 0.242 e. The van der Waals surface area contributed by atoms with E-state index in [-0.39, 0.29) is 18.0 Å². The normalized spacial score (nSPS) is 12.1. The van der Waals surface area contributed by atoms with Gasteiger partial charge in [0.1, 0.15) is 0 Å². The van der Waals surface area contributed by atoms with E-state index < -0.39 is 15.6 Å². The van der Waals surface area contributed by atoms with Gasteiger partial charge in [-0.2, -0.15) is 4.31 Å². The first-order valence-electron chi connectivity index (χ1n) is 6.14. The minimum absolute atomic E-state index is 0.0179. The van der Waals surface area contributed by atoms with Crippen LogP contribution in [0.3, 0.4) is 0 Å². The minimum Gasteiger partial charge on any atom is -0.389 e. The van der Waals surface area contributed by atoms with Crippen LogP contribution in [-0.4, -0.2) is 43.6 Å². The zero-order valence-corrected chi connectivity index (χ0v) is 12.7. The molecule has 20 heavy (non-hydrogen) atoms. The lowest BCUT2D eigenvalue weighted by Gasteiger charge is -2.25. The highest BCUT2D eigenvalue weighted by atomic mass is 32.2. The van der Waals surface area contributed by atoms with Gasteiger partial charge < -0.3 is 10.8 Å². The summed E-state index contributed by atoms with van der Waals surface area (Å²) in [6, 6.07) is 6.26. The van der Waals surface area contributed by atoms with Crippen molar-refractivity contribution in [1.82, 2.24) is 4.31 Å². The molecule has 0 amide bonds. The first-order chi connectivity index (χ1) is 9.16. The molecule has 0 aliphatic carbocycles. The zero-order chi connectivity index (χ0) is 15.4. The molecule has 1 aromatic carbocycles. The topological polar surface area (TPSA) is 83.6 Å². The molecule has 0 atom stereocenters. The molecule has 0 fully saturated rings. The van der Waals surface area contributed by atoms with E-state index in [0.717, 1.165) is 4.31 Å². The summed E-state index contributed by atoms with van der Waals surface area (Å²) in [7, 11) is -2.17. The fourth-order valence-electron chi connectivity index (χ4n) is 1.67. The fourth-order valence-corrected chi connectivity index (χ4v) is 3.00. The summed E-state index contributed by atoms with van der Waals surface area (Å²) < 4.78 is 25.7. The lowest BCUT2D eigenvalue weighted by molar-refractivity contribution is 0.0640. The van der Waals surface area contributed by atoms with Gasteiger partial charge in [0.15, 0.2) is 0 Å². The second kappa shape index (κ2) is 6.37. The molecule has 0 aromatic heterocycles. The van der Waals surface area contributed by atoms with Crippen molar-refractivity contribution in [2.45, 2.75) is 24.3 Å². The SMILES string of the molecule is CN(CC(C)(C)O)S(=O)(=O)c1ccc(C#CCN)cc1. The number of hydrogen-bond donors (Lipinski definition) is 2. The molecule has 0 unspecified atom stereocenters. The molecule has 0 saturated heterocycles. The fraction of sp³-hybridized carbons (Fsp3) is 0.429. The number of nitrogens with zero attached hydrogens (tertiary/aromatic N) is 1. The van der Waals surface area contributed by atoms with Gasteiger partial charge in [-0.25, -0.2) is 8.42 Å². The standard InChI is InChI=1S/C14H20N2O3S/c1-14(2,17)11-16(3)20(18,19)13-8-6-12(7-9-13)5-4-10-15/h6-9,17H,10-11,15H2,1-3H3. The van der Waals surface area contributed by atoms with Gasteiger partial charge in [0.05, 0.1) is 17.0 Å². The van der Waals surface area contributed by atoms with Crippen LogP contribution in [-0.2, 0) is 10.0 Å². The number of nitrogens with two attached hydrogens (primary N) is 1. The van der Waals surface area contributed by atoms with Crippen molar-refractivity contribution in [2.75, 3.05) is 20.1 Å². The van der Waals surface area contributed by atoms with Crippen LogP contribution in [0.1, 0.15) is 19.4 Å². The Kier molecular flexibility index (Phi) is 5.31. The van der Waals surface area contributed by atoms with Crippen molar-refractivity contribution >= 4 is 10.0 Å². The lowest BCUT2D eigenvalue weighted by atomic mass is 10.1. The molecule has 0 saturated carbocycles. The van der Waals surface area contributed by atoms with E-state index in [9.17, 15) is 13.5 Å². The number of rotatable bonds is 4. The quantitative estimate of drug-likeness (QED) is 0.787. The zero-order valence-electron chi connectivity index (χ0n) is 11.9. The predicted molar refractivity (Wildman–Crippen MR) is 78.5 cm³/mol. The molecule has 0 spiro atoms. The second-order valence-corrected chi connectivity index (χ2v) is 7.15. The third-order valence-electron chi connectivity index (χ3n) is 2.51. The van der Waals surface area contributed by atoms with Crippen LogP contribution < -0.4 is 5.73 Å². The Morgan fingerprint density at radius 2 is 1.85 bits per heavy atom. The minimum atomic E-state index is -3.61. The van der Waals surface area contributed by atoms with Gasteiger partial charge in [0.25, 0.3) is 0 Å². The summed E-state index contributed by atoms with van der Waals surface area (Å²) in [5.41, 5.74) is 4.89. The Morgan fingerprint density at radius 1 is 1.30 bits per heavy atom. The molecule has 0 aliphatic rings. The summed E-state index contributed by atoms with van der Waals surface area (Å²) in [6.45, 7) is 3.40. The van der Waals surface area contributed by atoms with Crippen molar-refractivity contribution < 1.29 is 13.5 Å². The molecule has 1 rings (SSSR count). The van der Waals surface area contributed by atoms with Crippen LogP contribution >= 0.6 is 0 Å². The van der Waals surface area contributed by atoms with Gasteiger partial charge in [-0.15, -0.1) is 0 Å². The van der Waals surface area contributed by atoms with E-state index in [1.807, 2.05) is 0 Å². The highest BCUT2D eigenvalue weighted by Gasteiger charge is 2.26. The Labute approximate surface area is 120 Å². The Balaban J connectivity index is 2.98. The molecule has 3 N–H and O–H groups in total. The summed E-state index contributed by atoms with van der Waals surface area (Å²) in [4.78, 5) is 0.169. The monoisotopic (exact) mass is 296 g/mol. The first kappa shape index (κ1) is 16.7. The van der Waals surface area contributed by atoms with Gasteiger partial charge in [0.2, 0.25) is 10.0 Å². The van der Waals surface area contributed by atoms with E-state index in [4.69, 9.17) is 5.73 Å². The average Bonchev–Trinajstić information content (AvgIpc) is 2.34. The predicted octanol–water partition coefficient (Wildman–Crippen LogP) is 0.388. The van der Waals surface area contributed by atoms with Crippen LogP contribution in [0.4, 0.5) is 0 Å². The smallest absolute Gasteiger partial charge is 0.242 e. The molecular formula is C14H20N2O3S. The molecular weight excluding hydrogens is 276 g/mol. The van der Waals surface area contributed by atoms with Gasteiger partial charge in [-0.1, -0.05) is 11.8 Å². The molecule has 110 valence electrons. The van der Waals surface area contributed by atoms with Crippen LogP contribution in [0.2, 0.25) is 0 Å². The third kappa shape index (κ3) is 4.62. The van der Waals surface area contributed by atoms with E-state index in [1.54, 1.807) is 26.0 Å². The van der Waals surface area contributed by atoms with Gasteiger partial charge >= 0.3 is 0 Å². The summed E-state index contributed by atoms with van der Waals surface area (Å²) in [5.74, 6) is 5.53. The maximum atomic E-state index is 12.3. The van der Waals surface area contributed by atoms with E-state index in [2.05, 4.69) is 11.8 Å². The molecule has 6 heteroatoms. The number of aliphatic hydroxyl groups is 1. The van der Waals surface area contributed by atoms with E-state index in [0.29, 0.717) is 5.56 Å². The Bertz CT molecular complexity index is 605. The molecule has 5 nitrogen and oxygen atoms in total. The number of likely N-dealkylation sites (N-methyl/N-ethyl adjacent to an activating group) is 1. The highest BCUT2D eigenvalue weighted by Crippen LogP contribution is 2.17. The third-order valence-corrected chi connectivity index (χ3v) is 4.32. The highest BCUT2D eigenvalue weighted by molar-refractivity contribution is 7.89. The summed E-state index contributed by atoms with van der Waals surface area (Å²) in [5, 5.41) is 9.70. The van der Waals surface area contributed by atoms with Crippen molar-refractivity contribution in [3.63, 3.8) is 0 Å². The van der Waals surface area contributed by atoms with Crippen LogP contribution in [0.5, 0.6) is 0 Å². The lowest BCUT2D eigenvalue weighted by Crippen LogP contribution is -2.39. The van der Waals surface area contributed by atoms with E-state index in [1.165, 1.54) is 19.2 Å². The van der Waals surface area contributed by atoms with Crippen molar-refractivity contribution in [3.8, 4) is 11.8 Å². The van der Waals surface area contributed by atoms with Gasteiger partial charge in [0, 0.05) is 19.2 Å². The average molecular weight is 296 g/mol. The number of hydrogen-bond acceptors (Lipinski definition) is 4. The Morgan fingerprint density at radius 3 is 2.30 bits per heavy atom. The van der Waals surface area contributed by atoms with Crippen LogP contribution in [0.15, 0.2) is 29.2 Å². The number of benzene rings is 1. The largest absolute Gasteiger partial charge is 0.389 e. The molecule has 0 bridgehead atoms. The van der Waals surface area contributed by atoms with Crippen LogP contribution in [0, 0.1) is 11.8 Å². The maximum absolute atomic E-state index is 12.3.